The van der Waals surface area contributed by atoms with Gasteiger partial charge in [0.1, 0.15) is 0 Å². The van der Waals surface area contributed by atoms with Crippen molar-refractivity contribution in [3.63, 3.8) is 0 Å². The van der Waals surface area contributed by atoms with Crippen molar-refractivity contribution in [2.45, 2.75) is 5.92 Å². The molecule has 0 heterocycles. The van der Waals surface area contributed by atoms with E-state index in [2.05, 4.69) is 0 Å². The number of hydrogen-bond donors (Lipinski definition) is 2. The van der Waals surface area contributed by atoms with Gasteiger partial charge in [0.05, 0.1) is 12.5 Å². The Labute approximate surface area is 51.7 Å². The minimum atomic E-state index is -2.69. The average molecular weight is 137 g/mol. The summed E-state index contributed by atoms with van der Waals surface area (Å²) in [5, 5.41) is 8.31. The van der Waals surface area contributed by atoms with Crippen LogP contribution in [0.25, 0.3) is 0 Å². The number of rotatable bonds is 2. The molecule has 2 nitrogen and oxygen atoms in total. The predicted molar refractivity (Wildman–Crippen MR) is 28.1 cm³/mol. The molecule has 9 heavy (non-hydrogen) atoms. The number of nitrogens with two attached hydrogens (primary N) is 1. The van der Waals surface area contributed by atoms with Crippen molar-refractivity contribution in [1.82, 2.24) is 0 Å². The van der Waals surface area contributed by atoms with Gasteiger partial charge >= 0.3 is 0 Å². The zero-order valence-electron chi connectivity index (χ0n) is 4.85. The smallest absolute Gasteiger partial charge is 0.258 e. The number of aliphatic hydroxyl groups is 1. The fraction of sp³-hybridized carbons (Fsp3) is 1.00. The maximum absolute atomic E-state index is 12.2. The summed E-state index contributed by atoms with van der Waals surface area (Å²) in [6.07, 6.45) is 0. The molecular weight excluding hydrogens is 128 g/mol. The molecule has 0 radical (unpaired) electrons. The van der Waals surface area contributed by atoms with Gasteiger partial charge in [0, 0.05) is 12.5 Å². The van der Waals surface area contributed by atoms with Gasteiger partial charge in [-0.3, -0.25) is 0 Å². The number of hydrogen-bond acceptors (Lipinski definition) is 2. The summed E-state index contributed by atoms with van der Waals surface area (Å²) in [5.41, 5.74) is 4.98. The van der Waals surface area contributed by atoms with Gasteiger partial charge in [-0.05, 0) is 0 Å². The van der Waals surface area contributed by atoms with Crippen molar-refractivity contribution < 1.29 is 13.9 Å². The zero-order chi connectivity index (χ0) is 7.07. The summed E-state index contributed by atoms with van der Waals surface area (Å²) in [5.74, 6) is -4.34. The Hall–Kier alpha value is -0.220. The highest BCUT2D eigenvalue weighted by molar-refractivity contribution is 5.05. The molecule has 0 spiro atoms. The molecule has 3 N–H and O–H groups in total. The third-order valence-corrected chi connectivity index (χ3v) is 1.82. The summed E-state index contributed by atoms with van der Waals surface area (Å²) in [6.45, 7) is -0.479. The summed E-state index contributed by atoms with van der Waals surface area (Å²) in [7, 11) is 0. The third kappa shape index (κ3) is 0.822. The van der Waals surface area contributed by atoms with Crippen molar-refractivity contribution >= 4 is 0 Å². The molecule has 0 aliphatic heterocycles. The summed E-state index contributed by atoms with van der Waals surface area (Å²) in [4.78, 5) is 0. The van der Waals surface area contributed by atoms with E-state index in [1.54, 1.807) is 0 Å². The van der Waals surface area contributed by atoms with Crippen LogP contribution >= 0.6 is 0 Å². The first kappa shape index (κ1) is 6.89. The molecule has 0 saturated heterocycles. The van der Waals surface area contributed by atoms with Crippen LogP contribution in [0, 0.1) is 11.8 Å². The van der Waals surface area contributed by atoms with Crippen LogP contribution in [0.5, 0.6) is 0 Å². The molecule has 1 saturated carbocycles. The van der Waals surface area contributed by atoms with Crippen molar-refractivity contribution in [2.24, 2.45) is 17.6 Å². The SMILES string of the molecule is NCC1C(CO)C1(F)F. The van der Waals surface area contributed by atoms with Crippen LogP contribution in [0.15, 0.2) is 0 Å². The molecular formula is C5H9F2NO. The largest absolute Gasteiger partial charge is 0.396 e. The van der Waals surface area contributed by atoms with E-state index in [1.165, 1.54) is 0 Å². The van der Waals surface area contributed by atoms with Gasteiger partial charge in [-0.2, -0.15) is 0 Å². The van der Waals surface area contributed by atoms with Crippen LogP contribution in [0.4, 0.5) is 8.78 Å². The highest BCUT2D eigenvalue weighted by Crippen LogP contribution is 2.53. The van der Waals surface area contributed by atoms with Crippen molar-refractivity contribution in [3.05, 3.63) is 0 Å². The molecule has 1 rings (SSSR count). The first-order chi connectivity index (χ1) is 4.14. The molecule has 0 amide bonds. The van der Waals surface area contributed by atoms with Gasteiger partial charge in [-0.1, -0.05) is 0 Å². The minimum absolute atomic E-state index is 0.0295. The molecule has 0 aromatic rings. The van der Waals surface area contributed by atoms with Gasteiger partial charge in [-0.15, -0.1) is 0 Å². The molecule has 2 unspecified atom stereocenters. The lowest BCUT2D eigenvalue weighted by molar-refractivity contribution is 0.0730. The van der Waals surface area contributed by atoms with Crippen molar-refractivity contribution in [3.8, 4) is 0 Å². The lowest BCUT2D eigenvalue weighted by Gasteiger charge is -1.88. The van der Waals surface area contributed by atoms with E-state index in [0.717, 1.165) is 0 Å². The van der Waals surface area contributed by atoms with E-state index in [4.69, 9.17) is 10.8 Å². The maximum Gasteiger partial charge on any atom is 0.258 e. The molecule has 1 aliphatic carbocycles. The second kappa shape index (κ2) is 1.88. The standard InChI is InChI=1S/C5H9F2NO/c6-5(7)3(1-8)4(5)2-9/h3-4,9H,1-2,8H2. The van der Waals surface area contributed by atoms with E-state index in [0.29, 0.717) is 0 Å². The van der Waals surface area contributed by atoms with Gasteiger partial charge in [-0.25, -0.2) is 8.78 Å². The fourth-order valence-electron chi connectivity index (χ4n) is 1.03. The van der Waals surface area contributed by atoms with Gasteiger partial charge in [0.15, 0.2) is 0 Å². The highest BCUT2D eigenvalue weighted by Gasteiger charge is 2.66. The fourth-order valence-corrected chi connectivity index (χ4v) is 1.03. The molecule has 2 atom stereocenters. The summed E-state index contributed by atoms with van der Waals surface area (Å²) < 4.78 is 24.4. The summed E-state index contributed by atoms with van der Waals surface area (Å²) in [6, 6.07) is 0. The Bertz CT molecular complexity index is 106. The van der Waals surface area contributed by atoms with Crippen LogP contribution in [-0.4, -0.2) is 24.2 Å². The zero-order valence-corrected chi connectivity index (χ0v) is 4.85. The van der Waals surface area contributed by atoms with E-state index < -0.39 is 24.4 Å². The lowest BCUT2D eigenvalue weighted by Crippen LogP contribution is -2.06. The van der Waals surface area contributed by atoms with Crippen LogP contribution in [0.2, 0.25) is 0 Å². The predicted octanol–water partition coefficient (Wildman–Crippen LogP) is -0.181. The highest BCUT2D eigenvalue weighted by atomic mass is 19.3. The first-order valence-electron chi connectivity index (χ1n) is 2.83. The molecule has 0 aromatic heterocycles. The Morgan fingerprint density at radius 1 is 1.44 bits per heavy atom. The first-order valence-corrected chi connectivity index (χ1v) is 2.83. The van der Waals surface area contributed by atoms with Crippen LogP contribution in [0.1, 0.15) is 0 Å². The Morgan fingerprint density at radius 2 is 2.00 bits per heavy atom. The molecule has 0 aromatic carbocycles. The second-order valence-electron chi connectivity index (χ2n) is 2.31. The summed E-state index contributed by atoms with van der Waals surface area (Å²) >= 11 is 0. The van der Waals surface area contributed by atoms with E-state index in [1.807, 2.05) is 0 Å². The van der Waals surface area contributed by atoms with Gasteiger partial charge < -0.3 is 10.8 Å². The maximum atomic E-state index is 12.2. The molecule has 1 aliphatic rings. The molecule has 4 heteroatoms. The quantitative estimate of drug-likeness (QED) is 0.554. The molecule has 0 bridgehead atoms. The monoisotopic (exact) mass is 137 g/mol. The lowest BCUT2D eigenvalue weighted by atomic mass is 10.3. The second-order valence-corrected chi connectivity index (χ2v) is 2.31. The van der Waals surface area contributed by atoms with Gasteiger partial charge in [0.25, 0.3) is 5.92 Å². The van der Waals surface area contributed by atoms with Crippen LogP contribution in [0.3, 0.4) is 0 Å². The van der Waals surface area contributed by atoms with E-state index in [-0.39, 0.29) is 6.54 Å². The van der Waals surface area contributed by atoms with Gasteiger partial charge in [0.2, 0.25) is 0 Å². The molecule has 54 valence electrons. The van der Waals surface area contributed by atoms with Crippen LogP contribution in [-0.2, 0) is 0 Å². The normalized spacial score (nSPS) is 38.7. The number of alkyl halides is 2. The van der Waals surface area contributed by atoms with Crippen LogP contribution < -0.4 is 5.73 Å². The van der Waals surface area contributed by atoms with Crippen molar-refractivity contribution in [2.75, 3.05) is 13.2 Å². The van der Waals surface area contributed by atoms with Crippen molar-refractivity contribution in [1.29, 1.82) is 0 Å². The Balaban J connectivity index is 2.45. The number of aliphatic hydroxyl groups excluding tert-OH is 1. The number of halogens is 2. The topological polar surface area (TPSA) is 46.2 Å². The average Bonchev–Trinajstić information content (AvgIpc) is 2.32. The Kier molecular flexibility index (Phi) is 1.44. The Morgan fingerprint density at radius 3 is 2.11 bits per heavy atom. The third-order valence-electron chi connectivity index (χ3n) is 1.82. The van der Waals surface area contributed by atoms with E-state index in [9.17, 15) is 8.78 Å². The molecule has 1 fully saturated rings. The minimum Gasteiger partial charge on any atom is -0.396 e. The van der Waals surface area contributed by atoms with E-state index >= 15 is 0 Å².